The van der Waals surface area contributed by atoms with Crippen molar-refractivity contribution in [2.45, 2.75) is 51.9 Å². The molecule has 2 heteroatoms. The fraction of sp³-hybridized carbons (Fsp3) is 0.296. The summed E-state index contributed by atoms with van der Waals surface area (Å²) in [7, 11) is 0. The van der Waals surface area contributed by atoms with Crippen molar-refractivity contribution in [3.05, 3.63) is 89.5 Å². The van der Waals surface area contributed by atoms with E-state index in [-0.39, 0.29) is 16.9 Å². The molecule has 0 radical (unpaired) electrons. The zero-order valence-corrected chi connectivity index (χ0v) is 17.6. The second-order valence-electron chi connectivity index (χ2n) is 8.31. The Kier molecular flexibility index (Phi) is 6.53. The number of phenolic OH excluding ortho intramolecular Hbond substituents is 1. The van der Waals surface area contributed by atoms with E-state index in [0.717, 1.165) is 12.0 Å². The van der Waals surface area contributed by atoms with Gasteiger partial charge in [-0.3, -0.25) is 4.79 Å². The summed E-state index contributed by atoms with van der Waals surface area (Å²) in [6.07, 6.45) is 4.70. The summed E-state index contributed by atoms with van der Waals surface area (Å²) < 4.78 is 0. The lowest BCUT2D eigenvalue weighted by Gasteiger charge is -2.26. The fourth-order valence-electron chi connectivity index (χ4n) is 3.80. The molecule has 0 aromatic heterocycles. The van der Waals surface area contributed by atoms with Crippen LogP contribution in [0.3, 0.4) is 0 Å². The third-order valence-electron chi connectivity index (χ3n) is 5.68. The molecule has 2 nitrogen and oxygen atoms in total. The molecule has 0 spiro atoms. The summed E-state index contributed by atoms with van der Waals surface area (Å²) in [6.45, 7) is 6.71. The smallest absolute Gasteiger partial charge is 0.193 e. The summed E-state index contributed by atoms with van der Waals surface area (Å²) in [4.78, 5) is 13.1. The third-order valence-corrected chi connectivity index (χ3v) is 5.68. The van der Waals surface area contributed by atoms with Gasteiger partial charge in [0.1, 0.15) is 5.75 Å². The molecular formula is C27H30O2. The number of carbonyl (C=O) groups excluding carboxylic acids is 1. The summed E-state index contributed by atoms with van der Waals surface area (Å²) in [5.74, 6) is 0.166. The van der Waals surface area contributed by atoms with Gasteiger partial charge in [-0.25, -0.2) is 0 Å². The second-order valence-corrected chi connectivity index (χ2v) is 8.31. The molecule has 0 heterocycles. The molecule has 0 atom stereocenters. The highest BCUT2D eigenvalue weighted by atomic mass is 16.3. The van der Waals surface area contributed by atoms with Crippen LogP contribution in [0, 0.1) is 0 Å². The van der Waals surface area contributed by atoms with Crippen LogP contribution in [0.25, 0.3) is 11.1 Å². The van der Waals surface area contributed by atoms with Crippen molar-refractivity contribution in [1.29, 1.82) is 0 Å². The van der Waals surface area contributed by atoms with Gasteiger partial charge in [0.05, 0.1) is 0 Å². The molecule has 0 saturated heterocycles. The minimum absolute atomic E-state index is 0.00992. The number of ketones is 1. The molecule has 3 aromatic rings. The van der Waals surface area contributed by atoms with E-state index >= 15 is 0 Å². The van der Waals surface area contributed by atoms with Gasteiger partial charge in [0, 0.05) is 16.7 Å². The van der Waals surface area contributed by atoms with Crippen molar-refractivity contribution in [3.63, 3.8) is 0 Å². The van der Waals surface area contributed by atoms with Crippen molar-refractivity contribution in [1.82, 2.24) is 0 Å². The van der Waals surface area contributed by atoms with Gasteiger partial charge in [-0.2, -0.15) is 0 Å². The van der Waals surface area contributed by atoms with Crippen LogP contribution >= 0.6 is 0 Å². The van der Waals surface area contributed by atoms with E-state index in [2.05, 4.69) is 26.8 Å². The SMILES string of the molecule is CCCCCC(C)(C)c1ccc(O)c(-c2ccccc2C(=O)c2ccccc2)c1. The van der Waals surface area contributed by atoms with E-state index in [0.29, 0.717) is 16.7 Å². The van der Waals surface area contributed by atoms with Crippen LogP contribution in [0.2, 0.25) is 0 Å². The zero-order chi connectivity index (χ0) is 20.9. The normalized spacial score (nSPS) is 11.4. The van der Waals surface area contributed by atoms with Crippen LogP contribution in [-0.4, -0.2) is 10.9 Å². The topological polar surface area (TPSA) is 37.3 Å². The van der Waals surface area contributed by atoms with Gasteiger partial charge in [0.25, 0.3) is 0 Å². The lowest BCUT2D eigenvalue weighted by atomic mass is 9.78. The quantitative estimate of drug-likeness (QED) is 0.330. The van der Waals surface area contributed by atoms with Gasteiger partial charge in [0.15, 0.2) is 5.78 Å². The van der Waals surface area contributed by atoms with Crippen LogP contribution in [-0.2, 0) is 5.41 Å². The summed E-state index contributed by atoms with van der Waals surface area (Å²) in [6, 6.07) is 22.6. The van der Waals surface area contributed by atoms with Gasteiger partial charge in [0.2, 0.25) is 0 Å². The van der Waals surface area contributed by atoms with Crippen molar-refractivity contribution in [2.24, 2.45) is 0 Å². The molecule has 0 unspecified atom stereocenters. The maximum atomic E-state index is 13.1. The Labute approximate surface area is 174 Å². The van der Waals surface area contributed by atoms with Crippen LogP contribution in [0.15, 0.2) is 72.8 Å². The Morgan fingerprint density at radius 3 is 2.28 bits per heavy atom. The van der Waals surface area contributed by atoms with E-state index in [9.17, 15) is 9.90 Å². The number of phenols is 1. The molecule has 0 aliphatic carbocycles. The first-order valence-corrected chi connectivity index (χ1v) is 10.5. The van der Waals surface area contributed by atoms with Crippen LogP contribution < -0.4 is 0 Å². The lowest BCUT2D eigenvalue weighted by Crippen LogP contribution is -2.17. The molecule has 0 fully saturated rings. The molecule has 3 rings (SSSR count). The molecule has 0 aliphatic rings. The molecule has 0 aliphatic heterocycles. The highest BCUT2D eigenvalue weighted by molar-refractivity contribution is 6.13. The molecule has 29 heavy (non-hydrogen) atoms. The fourth-order valence-corrected chi connectivity index (χ4v) is 3.80. The van der Waals surface area contributed by atoms with Crippen molar-refractivity contribution in [3.8, 4) is 16.9 Å². The van der Waals surface area contributed by atoms with Crippen molar-refractivity contribution in [2.75, 3.05) is 0 Å². The summed E-state index contributed by atoms with van der Waals surface area (Å²) in [5, 5.41) is 10.6. The van der Waals surface area contributed by atoms with Gasteiger partial charge < -0.3 is 5.11 Å². The molecule has 0 amide bonds. The van der Waals surface area contributed by atoms with Gasteiger partial charge in [-0.1, -0.05) is 101 Å². The highest BCUT2D eigenvalue weighted by Gasteiger charge is 2.23. The Balaban J connectivity index is 2.03. The molecule has 1 N–H and O–H groups in total. The number of hydrogen-bond donors (Lipinski definition) is 1. The molecule has 3 aromatic carbocycles. The monoisotopic (exact) mass is 386 g/mol. The van der Waals surface area contributed by atoms with Gasteiger partial charge >= 0.3 is 0 Å². The minimum Gasteiger partial charge on any atom is -0.507 e. The van der Waals surface area contributed by atoms with Crippen LogP contribution in [0.5, 0.6) is 5.75 Å². The lowest BCUT2D eigenvalue weighted by molar-refractivity contribution is 0.103. The Hall–Kier alpha value is -2.87. The van der Waals surface area contributed by atoms with E-state index in [1.165, 1.54) is 24.8 Å². The summed E-state index contributed by atoms with van der Waals surface area (Å²) in [5.41, 5.74) is 3.93. The third kappa shape index (κ3) is 4.76. The summed E-state index contributed by atoms with van der Waals surface area (Å²) >= 11 is 0. The number of aromatic hydroxyl groups is 1. The second kappa shape index (κ2) is 9.09. The average Bonchev–Trinajstić information content (AvgIpc) is 2.74. The Morgan fingerprint density at radius 2 is 1.55 bits per heavy atom. The minimum atomic E-state index is -0.0341. The predicted octanol–water partition coefficient (Wildman–Crippen LogP) is 7.15. The van der Waals surface area contributed by atoms with E-state index in [4.69, 9.17) is 0 Å². The maximum absolute atomic E-state index is 13.1. The van der Waals surface area contributed by atoms with E-state index < -0.39 is 0 Å². The number of carbonyl (C=O) groups is 1. The molecule has 150 valence electrons. The molecular weight excluding hydrogens is 356 g/mol. The van der Waals surface area contributed by atoms with Crippen molar-refractivity contribution >= 4 is 5.78 Å². The van der Waals surface area contributed by atoms with Gasteiger partial charge in [-0.05, 0) is 35.1 Å². The molecule has 0 saturated carbocycles. The first-order chi connectivity index (χ1) is 13.9. The van der Waals surface area contributed by atoms with Gasteiger partial charge in [-0.15, -0.1) is 0 Å². The first kappa shape index (κ1) is 20.9. The maximum Gasteiger partial charge on any atom is 0.193 e. The number of benzene rings is 3. The average molecular weight is 387 g/mol. The predicted molar refractivity (Wildman–Crippen MR) is 121 cm³/mol. The zero-order valence-electron chi connectivity index (χ0n) is 17.6. The Morgan fingerprint density at radius 1 is 0.862 bits per heavy atom. The number of rotatable bonds is 8. The van der Waals surface area contributed by atoms with Crippen LogP contribution in [0.1, 0.15) is 67.9 Å². The Bertz CT molecular complexity index is 971. The van der Waals surface area contributed by atoms with E-state index in [1.54, 1.807) is 6.07 Å². The largest absolute Gasteiger partial charge is 0.507 e. The number of unbranched alkanes of at least 4 members (excludes halogenated alkanes) is 2. The standard InChI is InChI=1S/C27H30O2/c1-4-5-11-18-27(2,3)21-16-17-25(28)24(19-21)22-14-9-10-15-23(22)26(29)20-12-7-6-8-13-20/h6-10,12-17,19,28H,4-5,11,18H2,1-3H3. The van der Waals surface area contributed by atoms with Crippen LogP contribution in [0.4, 0.5) is 0 Å². The first-order valence-electron chi connectivity index (χ1n) is 10.5. The number of hydrogen-bond acceptors (Lipinski definition) is 2. The van der Waals surface area contributed by atoms with E-state index in [1.807, 2.05) is 60.7 Å². The highest BCUT2D eigenvalue weighted by Crippen LogP contribution is 2.38. The molecule has 0 bridgehead atoms. The van der Waals surface area contributed by atoms with Crippen molar-refractivity contribution < 1.29 is 9.90 Å².